The number of aryl methyl sites for hydroxylation is 1. The van der Waals surface area contributed by atoms with Crippen LogP contribution in [-0.4, -0.2) is 38.0 Å². The van der Waals surface area contributed by atoms with Crippen LogP contribution < -0.4 is 4.74 Å². The molecule has 9 heteroatoms. The zero-order chi connectivity index (χ0) is 18.8. The number of rotatable bonds is 6. The molecule has 0 saturated heterocycles. The molecule has 0 aliphatic heterocycles. The van der Waals surface area contributed by atoms with E-state index in [4.69, 9.17) is 9.15 Å². The summed E-state index contributed by atoms with van der Waals surface area (Å²) in [6.07, 6.45) is 2.99. The molecule has 0 aliphatic carbocycles. The van der Waals surface area contributed by atoms with Crippen molar-refractivity contribution in [3.05, 3.63) is 59.0 Å². The topological polar surface area (TPSA) is 97.1 Å². The number of oxazole rings is 1. The molecule has 0 saturated carbocycles. The highest BCUT2D eigenvalue weighted by Gasteiger charge is 2.17. The number of nitrogens with one attached hydrogen (secondary N) is 1. The molecule has 3 heterocycles. The monoisotopic (exact) mass is 383 g/mol. The van der Waals surface area contributed by atoms with E-state index in [-0.39, 0.29) is 18.2 Å². The van der Waals surface area contributed by atoms with Gasteiger partial charge < -0.3 is 14.1 Å². The van der Waals surface area contributed by atoms with Gasteiger partial charge in [0.25, 0.3) is 5.91 Å². The average molecular weight is 383 g/mol. The summed E-state index contributed by atoms with van der Waals surface area (Å²) in [5, 5.41) is 7.70. The third kappa shape index (κ3) is 3.82. The van der Waals surface area contributed by atoms with E-state index < -0.39 is 0 Å². The molecule has 1 aromatic carbocycles. The van der Waals surface area contributed by atoms with Gasteiger partial charge in [-0.15, -0.1) is 11.3 Å². The normalized spacial score (nSPS) is 11.0. The molecule has 0 spiro atoms. The first-order valence-corrected chi connectivity index (χ1v) is 9.08. The number of fused-ring (bicyclic) bond motifs is 1. The van der Waals surface area contributed by atoms with Gasteiger partial charge in [-0.25, -0.2) is 9.97 Å². The number of carbonyl (C=O) groups is 1. The van der Waals surface area contributed by atoms with Crippen LogP contribution in [-0.2, 0) is 13.2 Å². The second kappa shape index (κ2) is 7.20. The van der Waals surface area contributed by atoms with E-state index in [0.717, 1.165) is 20.9 Å². The van der Waals surface area contributed by atoms with Gasteiger partial charge >= 0.3 is 0 Å². The lowest BCUT2D eigenvalue weighted by Gasteiger charge is -2.13. The van der Waals surface area contributed by atoms with Crippen LogP contribution in [0.2, 0.25) is 0 Å². The summed E-state index contributed by atoms with van der Waals surface area (Å²) in [6, 6.07) is 7.55. The lowest BCUT2D eigenvalue weighted by molar-refractivity contribution is 0.0777. The lowest BCUT2D eigenvalue weighted by Crippen LogP contribution is -2.26. The highest BCUT2D eigenvalue weighted by Crippen LogP contribution is 2.26. The summed E-state index contributed by atoms with van der Waals surface area (Å²) in [5.41, 5.74) is 1.98. The van der Waals surface area contributed by atoms with E-state index in [1.807, 2.05) is 31.2 Å². The number of H-pyrrole nitrogens is 1. The van der Waals surface area contributed by atoms with Gasteiger partial charge in [0.15, 0.2) is 12.3 Å². The van der Waals surface area contributed by atoms with Gasteiger partial charge in [-0.3, -0.25) is 9.89 Å². The summed E-state index contributed by atoms with van der Waals surface area (Å²) in [4.78, 5) is 22.6. The molecule has 1 amide bonds. The standard InChI is InChI=1S/C18H17N5O3S/c1-11-20-14-7-13(3-4-16(14)27-11)25-10-17-21-15(9-26-17)18(24)23(2)8-12-5-6-19-22-12/h3-7,9H,8,10H2,1-2H3,(H,19,22). The number of thiazole rings is 1. The zero-order valence-corrected chi connectivity index (χ0v) is 15.6. The second-order valence-corrected chi connectivity index (χ2v) is 7.26. The van der Waals surface area contributed by atoms with Gasteiger partial charge in [-0.1, -0.05) is 0 Å². The van der Waals surface area contributed by atoms with E-state index >= 15 is 0 Å². The number of carbonyl (C=O) groups excluding carboxylic acids is 1. The third-order valence-electron chi connectivity index (χ3n) is 3.91. The maximum atomic E-state index is 12.4. The van der Waals surface area contributed by atoms with Crippen LogP contribution in [0.1, 0.15) is 27.1 Å². The molecule has 0 fully saturated rings. The Labute approximate surface area is 158 Å². The molecule has 0 unspecified atom stereocenters. The summed E-state index contributed by atoms with van der Waals surface area (Å²) in [6.45, 7) is 2.51. The average Bonchev–Trinajstić information content (AvgIpc) is 3.39. The molecule has 4 rings (SSSR count). The molecule has 0 bridgehead atoms. The molecular weight excluding hydrogens is 366 g/mol. The number of aromatic amines is 1. The summed E-state index contributed by atoms with van der Waals surface area (Å²) < 4.78 is 12.2. The van der Waals surface area contributed by atoms with Crippen molar-refractivity contribution in [1.82, 2.24) is 25.1 Å². The second-order valence-electron chi connectivity index (χ2n) is 6.02. The molecule has 3 aromatic heterocycles. The number of hydrogen-bond acceptors (Lipinski definition) is 7. The van der Waals surface area contributed by atoms with Gasteiger partial charge in [0.05, 0.1) is 27.5 Å². The number of benzene rings is 1. The fraction of sp³-hybridized carbons (Fsp3) is 0.222. The highest BCUT2D eigenvalue weighted by atomic mass is 32.1. The van der Waals surface area contributed by atoms with Crippen LogP contribution in [0.3, 0.4) is 0 Å². The minimum absolute atomic E-state index is 0.131. The predicted octanol–water partition coefficient (Wildman–Crippen LogP) is 3.17. The van der Waals surface area contributed by atoms with Gasteiger partial charge in [0.2, 0.25) is 5.89 Å². The first-order chi connectivity index (χ1) is 13.1. The van der Waals surface area contributed by atoms with Crippen LogP contribution in [0.5, 0.6) is 5.75 Å². The molecule has 0 atom stereocenters. The van der Waals surface area contributed by atoms with Crippen LogP contribution in [0.25, 0.3) is 10.2 Å². The van der Waals surface area contributed by atoms with E-state index in [2.05, 4.69) is 20.2 Å². The SMILES string of the molecule is Cc1nc2cc(OCc3nc(C(=O)N(C)Cc4ccn[nH]4)co3)ccc2s1. The number of nitrogens with zero attached hydrogens (tertiary/aromatic N) is 4. The minimum Gasteiger partial charge on any atom is -0.484 e. The first-order valence-electron chi connectivity index (χ1n) is 8.26. The largest absolute Gasteiger partial charge is 0.484 e. The maximum absolute atomic E-state index is 12.4. The predicted molar refractivity (Wildman–Crippen MR) is 99.6 cm³/mol. The van der Waals surface area contributed by atoms with Crippen LogP contribution in [0.15, 0.2) is 41.1 Å². The van der Waals surface area contributed by atoms with Crippen molar-refractivity contribution >= 4 is 27.5 Å². The van der Waals surface area contributed by atoms with Crippen LogP contribution in [0.4, 0.5) is 0 Å². The van der Waals surface area contributed by atoms with E-state index in [1.54, 1.807) is 24.6 Å². The zero-order valence-electron chi connectivity index (χ0n) is 14.8. The van der Waals surface area contributed by atoms with E-state index in [9.17, 15) is 4.79 Å². The summed E-state index contributed by atoms with van der Waals surface area (Å²) >= 11 is 1.64. The van der Waals surface area contributed by atoms with Crippen molar-refractivity contribution in [3.63, 3.8) is 0 Å². The quantitative estimate of drug-likeness (QED) is 0.549. The Morgan fingerprint density at radius 1 is 1.33 bits per heavy atom. The molecule has 0 radical (unpaired) electrons. The van der Waals surface area contributed by atoms with Crippen molar-refractivity contribution in [3.8, 4) is 5.75 Å². The van der Waals surface area contributed by atoms with E-state index in [1.165, 1.54) is 11.2 Å². The molecule has 1 N–H and O–H groups in total. The van der Waals surface area contributed by atoms with Gasteiger partial charge in [-0.2, -0.15) is 5.10 Å². The smallest absolute Gasteiger partial charge is 0.275 e. The number of amides is 1. The summed E-state index contributed by atoms with van der Waals surface area (Å²) in [5.74, 6) is 0.775. The lowest BCUT2D eigenvalue weighted by atomic mass is 10.3. The van der Waals surface area contributed by atoms with Crippen molar-refractivity contribution in [2.75, 3.05) is 7.05 Å². The fourth-order valence-corrected chi connectivity index (χ4v) is 3.44. The molecular formula is C18H17N5O3S. The maximum Gasteiger partial charge on any atom is 0.275 e. The molecule has 8 nitrogen and oxygen atoms in total. The van der Waals surface area contributed by atoms with Crippen molar-refractivity contribution in [2.45, 2.75) is 20.1 Å². The summed E-state index contributed by atoms with van der Waals surface area (Å²) in [7, 11) is 1.69. The Hall–Kier alpha value is -3.20. The van der Waals surface area contributed by atoms with E-state index in [0.29, 0.717) is 18.2 Å². The van der Waals surface area contributed by atoms with Gasteiger partial charge in [0, 0.05) is 19.3 Å². The van der Waals surface area contributed by atoms with Crippen molar-refractivity contribution in [2.24, 2.45) is 0 Å². The Morgan fingerprint density at radius 3 is 3.04 bits per heavy atom. The number of hydrogen-bond donors (Lipinski definition) is 1. The molecule has 27 heavy (non-hydrogen) atoms. The Kier molecular flexibility index (Phi) is 4.59. The Balaban J connectivity index is 1.38. The van der Waals surface area contributed by atoms with Gasteiger partial charge in [-0.05, 0) is 25.1 Å². The van der Waals surface area contributed by atoms with Crippen LogP contribution >= 0.6 is 11.3 Å². The third-order valence-corrected chi connectivity index (χ3v) is 4.86. The van der Waals surface area contributed by atoms with Crippen molar-refractivity contribution < 1.29 is 13.9 Å². The number of aromatic nitrogens is 4. The number of ether oxygens (including phenoxy) is 1. The molecule has 138 valence electrons. The molecule has 0 aliphatic rings. The highest BCUT2D eigenvalue weighted by molar-refractivity contribution is 7.18. The first kappa shape index (κ1) is 17.2. The minimum atomic E-state index is -0.237. The van der Waals surface area contributed by atoms with Gasteiger partial charge in [0.1, 0.15) is 12.0 Å². The fourth-order valence-electron chi connectivity index (χ4n) is 2.63. The van der Waals surface area contributed by atoms with Crippen molar-refractivity contribution in [1.29, 1.82) is 0 Å². The van der Waals surface area contributed by atoms with Crippen LogP contribution in [0, 0.1) is 6.92 Å². The molecule has 4 aromatic rings. The Bertz CT molecular complexity index is 1070. The Morgan fingerprint density at radius 2 is 2.22 bits per heavy atom.